The van der Waals surface area contributed by atoms with Crippen molar-refractivity contribution >= 4 is 28.7 Å². The molecule has 1 aromatic carbocycles. The molecule has 0 aliphatic heterocycles. The summed E-state index contributed by atoms with van der Waals surface area (Å²) in [5.74, 6) is 0.420. The van der Waals surface area contributed by atoms with Gasteiger partial charge in [0.05, 0.1) is 23.6 Å². The lowest BCUT2D eigenvalue weighted by Crippen LogP contribution is -2.42. The maximum absolute atomic E-state index is 12.2. The van der Waals surface area contributed by atoms with Crippen molar-refractivity contribution < 1.29 is 14.3 Å². The fraction of sp³-hybridized carbons (Fsp3) is 0.267. The zero-order valence-corrected chi connectivity index (χ0v) is 12.8. The van der Waals surface area contributed by atoms with Crippen LogP contribution < -0.4 is 5.32 Å². The standard InChI is InChI=1S/C15H15N3O3S/c1-15(20,8-11-3-2-6-21-11)9-16-14(19)10-4-5-12-13(7-10)18-22-17-12/h2-7,20H,8-9H2,1H3,(H,16,19)/t15-/m0/s1. The minimum Gasteiger partial charge on any atom is -0.469 e. The Hall–Kier alpha value is -2.25. The number of nitrogens with zero attached hydrogens (tertiary/aromatic N) is 2. The number of carbonyl (C=O) groups excluding carboxylic acids is 1. The van der Waals surface area contributed by atoms with E-state index in [0.29, 0.717) is 23.3 Å². The largest absolute Gasteiger partial charge is 0.469 e. The van der Waals surface area contributed by atoms with Crippen LogP contribution in [0.3, 0.4) is 0 Å². The summed E-state index contributed by atoms with van der Waals surface area (Å²) in [6.45, 7) is 1.78. The zero-order chi connectivity index (χ0) is 15.6. The molecular weight excluding hydrogens is 302 g/mol. The van der Waals surface area contributed by atoms with Crippen molar-refractivity contribution in [2.24, 2.45) is 0 Å². The molecule has 0 spiro atoms. The van der Waals surface area contributed by atoms with Gasteiger partial charge in [-0.2, -0.15) is 8.75 Å². The molecule has 0 radical (unpaired) electrons. The van der Waals surface area contributed by atoms with Gasteiger partial charge in [0.25, 0.3) is 5.91 Å². The molecule has 0 saturated heterocycles. The summed E-state index contributed by atoms with van der Waals surface area (Å²) in [5.41, 5.74) is 0.875. The van der Waals surface area contributed by atoms with Crippen molar-refractivity contribution in [2.75, 3.05) is 6.54 Å². The Balaban J connectivity index is 1.63. The lowest BCUT2D eigenvalue weighted by Gasteiger charge is -2.22. The first-order valence-corrected chi connectivity index (χ1v) is 7.52. The normalized spacial score (nSPS) is 13.9. The highest BCUT2D eigenvalue weighted by atomic mass is 32.1. The highest BCUT2D eigenvalue weighted by Gasteiger charge is 2.23. The van der Waals surface area contributed by atoms with Gasteiger partial charge in [-0.15, -0.1) is 0 Å². The fourth-order valence-electron chi connectivity index (χ4n) is 2.15. The molecule has 0 aliphatic carbocycles. The van der Waals surface area contributed by atoms with E-state index in [-0.39, 0.29) is 12.5 Å². The molecule has 0 bridgehead atoms. The van der Waals surface area contributed by atoms with Crippen molar-refractivity contribution in [3.63, 3.8) is 0 Å². The molecule has 0 fully saturated rings. The third kappa shape index (κ3) is 3.32. The summed E-state index contributed by atoms with van der Waals surface area (Å²) in [5, 5.41) is 13.1. The predicted molar refractivity (Wildman–Crippen MR) is 82.8 cm³/mol. The van der Waals surface area contributed by atoms with Crippen LogP contribution in [0.25, 0.3) is 11.0 Å². The molecule has 3 rings (SSSR count). The highest BCUT2D eigenvalue weighted by Crippen LogP contribution is 2.15. The maximum atomic E-state index is 12.2. The van der Waals surface area contributed by atoms with Gasteiger partial charge in [-0.25, -0.2) is 0 Å². The van der Waals surface area contributed by atoms with Gasteiger partial charge >= 0.3 is 0 Å². The molecule has 114 valence electrons. The SMILES string of the molecule is C[C@@](O)(CNC(=O)c1ccc2nsnc2c1)Cc1ccco1. The second-order valence-electron chi connectivity index (χ2n) is 5.40. The summed E-state index contributed by atoms with van der Waals surface area (Å²) in [6, 6.07) is 8.70. The van der Waals surface area contributed by atoms with Crippen molar-refractivity contribution in [1.82, 2.24) is 14.1 Å². The minimum absolute atomic E-state index is 0.125. The summed E-state index contributed by atoms with van der Waals surface area (Å²) in [4.78, 5) is 12.2. The van der Waals surface area contributed by atoms with E-state index in [2.05, 4.69) is 14.1 Å². The first-order chi connectivity index (χ1) is 10.5. The number of fused-ring (bicyclic) bond motifs is 1. The number of hydrogen-bond donors (Lipinski definition) is 2. The molecule has 6 nitrogen and oxygen atoms in total. The Kier molecular flexibility index (Phi) is 3.91. The molecule has 0 unspecified atom stereocenters. The Morgan fingerprint density at radius 2 is 2.18 bits per heavy atom. The van der Waals surface area contributed by atoms with Gasteiger partial charge in [-0.3, -0.25) is 4.79 Å². The van der Waals surface area contributed by atoms with E-state index in [9.17, 15) is 9.90 Å². The van der Waals surface area contributed by atoms with E-state index in [1.807, 2.05) is 0 Å². The maximum Gasteiger partial charge on any atom is 0.251 e. The second-order valence-corrected chi connectivity index (χ2v) is 5.93. The molecule has 2 N–H and O–H groups in total. The molecule has 7 heteroatoms. The van der Waals surface area contributed by atoms with Crippen LogP contribution in [-0.2, 0) is 6.42 Å². The van der Waals surface area contributed by atoms with Crippen LogP contribution in [0.1, 0.15) is 23.0 Å². The quantitative estimate of drug-likeness (QED) is 0.751. The van der Waals surface area contributed by atoms with Crippen LogP contribution >= 0.6 is 11.7 Å². The number of benzene rings is 1. The number of amides is 1. The summed E-state index contributed by atoms with van der Waals surface area (Å²) in [7, 11) is 0. The molecule has 2 aromatic heterocycles. The van der Waals surface area contributed by atoms with E-state index in [4.69, 9.17) is 4.42 Å². The minimum atomic E-state index is -1.08. The number of carbonyl (C=O) groups is 1. The summed E-state index contributed by atoms with van der Waals surface area (Å²) >= 11 is 1.11. The third-order valence-electron chi connectivity index (χ3n) is 3.28. The average Bonchev–Trinajstić information content (AvgIpc) is 3.14. The van der Waals surface area contributed by atoms with Gasteiger partial charge in [0.2, 0.25) is 0 Å². The van der Waals surface area contributed by atoms with E-state index in [0.717, 1.165) is 17.2 Å². The van der Waals surface area contributed by atoms with Crippen molar-refractivity contribution in [2.45, 2.75) is 18.9 Å². The molecule has 0 aliphatic rings. The van der Waals surface area contributed by atoms with Gasteiger partial charge in [-0.05, 0) is 37.3 Å². The van der Waals surface area contributed by atoms with Crippen LogP contribution in [0.4, 0.5) is 0 Å². The van der Waals surface area contributed by atoms with Crippen molar-refractivity contribution in [3.8, 4) is 0 Å². The molecule has 2 heterocycles. The van der Waals surface area contributed by atoms with E-state index >= 15 is 0 Å². The number of furan rings is 1. The highest BCUT2D eigenvalue weighted by molar-refractivity contribution is 7.00. The van der Waals surface area contributed by atoms with Crippen LogP contribution in [0.2, 0.25) is 0 Å². The molecular formula is C15H15N3O3S. The average molecular weight is 317 g/mol. The van der Waals surface area contributed by atoms with E-state index in [1.54, 1.807) is 43.5 Å². The molecule has 22 heavy (non-hydrogen) atoms. The van der Waals surface area contributed by atoms with Gasteiger partial charge in [0, 0.05) is 18.5 Å². The van der Waals surface area contributed by atoms with Gasteiger partial charge in [0.15, 0.2) is 0 Å². The van der Waals surface area contributed by atoms with Gasteiger partial charge < -0.3 is 14.8 Å². The fourth-order valence-corrected chi connectivity index (χ4v) is 2.66. The Morgan fingerprint density at radius 1 is 1.36 bits per heavy atom. The van der Waals surface area contributed by atoms with Crippen LogP contribution in [0.5, 0.6) is 0 Å². The molecule has 0 saturated carbocycles. The Labute approximate surface area is 131 Å². The lowest BCUT2D eigenvalue weighted by molar-refractivity contribution is 0.0510. The van der Waals surface area contributed by atoms with Crippen molar-refractivity contribution in [3.05, 3.63) is 47.9 Å². The first kappa shape index (κ1) is 14.7. The summed E-state index contributed by atoms with van der Waals surface area (Å²) < 4.78 is 13.4. The zero-order valence-electron chi connectivity index (χ0n) is 11.9. The Morgan fingerprint density at radius 3 is 2.95 bits per heavy atom. The smallest absolute Gasteiger partial charge is 0.251 e. The predicted octanol–water partition coefficient (Wildman–Crippen LogP) is 2.01. The van der Waals surface area contributed by atoms with E-state index in [1.165, 1.54) is 0 Å². The topological polar surface area (TPSA) is 88.2 Å². The van der Waals surface area contributed by atoms with Gasteiger partial charge in [-0.1, -0.05) is 0 Å². The molecule has 1 amide bonds. The van der Waals surface area contributed by atoms with E-state index < -0.39 is 5.60 Å². The number of aliphatic hydroxyl groups is 1. The number of aromatic nitrogens is 2. The van der Waals surface area contributed by atoms with Crippen LogP contribution in [0.15, 0.2) is 41.0 Å². The lowest BCUT2D eigenvalue weighted by atomic mass is 10.0. The van der Waals surface area contributed by atoms with Crippen LogP contribution in [0, 0.1) is 0 Å². The van der Waals surface area contributed by atoms with Gasteiger partial charge in [0.1, 0.15) is 16.8 Å². The van der Waals surface area contributed by atoms with Crippen LogP contribution in [-0.4, -0.2) is 31.9 Å². The molecule has 1 atom stereocenters. The third-order valence-corrected chi connectivity index (χ3v) is 3.84. The number of hydrogen-bond acceptors (Lipinski definition) is 6. The Bertz CT molecular complexity index is 780. The monoisotopic (exact) mass is 317 g/mol. The summed E-state index contributed by atoms with van der Waals surface area (Å²) in [6.07, 6.45) is 1.89. The molecule has 3 aromatic rings. The second kappa shape index (κ2) is 5.86. The number of rotatable bonds is 5. The first-order valence-electron chi connectivity index (χ1n) is 6.79. The van der Waals surface area contributed by atoms with Crippen molar-refractivity contribution in [1.29, 1.82) is 0 Å². The number of nitrogens with one attached hydrogen (secondary N) is 1.